The van der Waals surface area contributed by atoms with Crippen LogP contribution in [-0.4, -0.2) is 5.11 Å². The summed E-state index contributed by atoms with van der Waals surface area (Å²) in [6.07, 6.45) is 0. The Kier molecular flexibility index (Phi) is 3.01. The fraction of sp³-hybridized carbons (Fsp3) is 0. The molecule has 5 rings (SSSR count). The van der Waals surface area contributed by atoms with E-state index >= 15 is 0 Å². The largest absolute Gasteiger partial charge is 0.507 e. The van der Waals surface area contributed by atoms with Crippen LogP contribution in [0.2, 0.25) is 0 Å². The summed E-state index contributed by atoms with van der Waals surface area (Å²) in [5, 5.41) is 17.2. The standard InChI is InChI=1S/C24H16O/c25-24-21-11-5-3-9-19(21)23(20-10-4-6-12-22(20)24)18-14-13-16-7-1-2-8-17(16)15-18/h1-15,25H. The van der Waals surface area contributed by atoms with Gasteiger partial charge in [0.25, 0.3) is 0 Å². The molecule has 0 saturated heterocycles. The van der Waals surface area contributed by atoms with Gasteiger partial charge < -0.3 is 5.11 Å². The predicted molar refractivity (Wildman–Crippen MR) is 106 cm³/mol. The van der Waals surface area contributed by atoms with E-state index in [0.29, 0.717) is 5.75 Å². The lowest BCUT2D eigenvalue weighted by Crippen LogP contribution is -1.87. The summed E-state index contributed by atoms with van der Waals surface area (Å²) in [6, 6.07) is 31.1. The zero-order valence-electron chi connectivity index (χ0n) is 13.6. The quantitative estimate of drug-likeness (QED) is 0.349. The van der Waals surface area contributed by atoms with Gasteiger partial charge in [0.05, 0.1) is 0 Å². The Morgan fingerprint density at radius 3 is 1.64 bits per heavy atom. The zero-order valence-corrected chi connectivity index (χ0v) is 13.6. The highest BCUT2D eigenvalue weighted by molar-refractivity contribution is 6.17. The molecule has 0 aromatic heterocycles. The maximum absolute atomic E-state index is 10.8. The van der Waals surface area contributed by atoms with E-state index in [1.54, 1.807) is 0 Å². The first-order valence-electron chi connectivity index (χ1n) is 8.44. The molecule has 0 radical (unpaired) electrons. The summed E-state index contributed by atoms with van der Waals surface area (Å²) in [5.41, 5.74) is 2.35. The average Bonchev–Trinajstić information content (AvgIpc) is 2.68. The highest BCUT2D eigenvalue weighted by atomic mass is 16.3. The topological polar surface area (TPSA) is 20.2 Å². The van der Waals surface area contributed by atoms with Crippen LogP contribution in [0.1, 0.15) is 0 Å². The summed E-state index contributed by atoms with van der Waals surface area (Å²) < 4.78 is 0. The minimum Gasteiger partial charge on any atom is -0.507 e. The molecule has 0 heterocycles. The second-order valence-electron chi connectivity index (χ2n) is 6.38. The van der Waals surface area contributed by atoms with Gasteiger partial charge in [-0.3, -0.25) is 0 Å². The molecule has 1 nitrogen and oxygen atoms in total. The van der Waals surface area contributed by atoms with Crippen molar-refractivity contribution < 1.29 is 5.11 Å². The highest BCUT2D eigenvalue weighted by Gasteiger charge is 2.14. The van der Waals surface area contributed by atoms with E-state index in [1.807, 2.05) is 36.4 Å². The van der Waals surface area contributed by atoms with Crippen LogP contribution >= 0.6 is 0 Å². The molecule has 5 aromatic carbocycles. The van der Waals surface area contributed by atoms with Crippen molar-refractivity contribution in [2.45, 2.75) is 0 Å². The first kappa shape index (κ1) is 14.1. The van der Waals surface area contributed by atoms with Crippen molar-refractivity contribution >= 4 is 32.3 Å². The van der Waals surface area contributed by atoms with Crippen LogP contribution < -0.4 is 0 Å². The predicted octanol–water partition coefficient (Wildman–Crippen LogP) is 6.52. The molecule has 5 aromatic rings. The number of phenols is 1. The van der Waals surface area contributed by atoms with Gasteiger partial charge in [0.15, 0.2) is 0 Å². The van der Waals surface area contributed by atoms with Gasteiger partial charge in [-0.2, -0.15) is 0 Å². The third kappa shape index (κ3) is 2.10. The van der Waals surface area contributed by atoms with Crippen LogP contribution in [0.5, 0.6) is 5.75 Å². The molecule has 0 fully saturated rings. The Balaban J connectivity index is 1.97. The number of fused-ring (bicyclic) bond motifs is 3. The van der Waals surface area contributed by atoms with E-state index in [1.165, 1.54) is 21.9 Å². The Morgan fingerprint density at radius 1 is 0.480 bits per heavy atom. The Hall–Kier alpha value is -3.32. The van der Waals surface area contributed by atoms with Crippen LogP contribution in [0, 0.1) is 0 Å². The van der Waals surface area contributed by atoms with Gasteiger partial charge >= 0.3 is 0 Å². The molecule has 118 valence electrons. The second-order valence-corrected chi connectivity index (χ2v) is 6.38. The first-order valence-corrected chi connectivity index (χ1v) is 8.44. The number of phenolic OH excluding ortho intramolecular Hbond substituents is 1. The molecule has 25 heavy (non-hydrogen) atoms. The van der Waals surface area contributed by atoms with Crippen LogP contribution in [0.15, 0.2) is 91.0 Å². The van der Waals surface area contributed by atoms with Crippen LogP contribution in [-0.2, 0) is 0 Å². The monoisotopic (exact) mass is 320 g/mol. The molecule has 0 aliphatic carbocycles. The normalized spacial score (nSPS) is 11.4. The average molecular weight is 320 g/mol. The maximum atomic E-state index is 10.8. The maximum Gasteiger partial charge on any atom is 0.131 e. The number of aromatic hydroxyl groups is 1. The fourth-order valence-corrected chi connectivity index (χ4v) is 3.76. The van der Waals surface area contributed by atoms with E-state index in [0.717, 1.165) is 21.5 Å². The molecule has 1 N–H and O–H groups in total. The van der Waals surface area contributed by atoms with E-state index in [2.05, 4.69) is 54.6 Å². The van der Waals surface area contributed by atoms with E-state index in [4.69, 9.17) is 0 Å². The van der Waals surface area contributed by atoms with Gasteiger partial charge in [0.1, 0.15) is 5.75 Å². The number of hydrogen-bond acceptors (Lipinski definition) is 1. The van der Waals surface area contributed by atoms with Gasteiger partial charge in [-0.05, 0) is 38.7 Å². The third-order valence-corrected chi connectivity index (χ3v) is 4.94. The Labute approximate surface area is 145 Å². The van der Waals surface area contributed by atoms with Crippen molar-refractivity contribution in [2.75, 3.05) is 0 Å². The zero-order chi connectivity index (χ0) is 16.8. The first-order chi connectivity index (χ1) is 12.3. The number of benzene rings is 5. The van der Waals surface area contributed by atoms with Crippen LogP contribution in [0.3, 0.4) is 0 Å². The van der Waals surface area contributed by atoms with Crippen molar-refractivity contribution in [1.29, 1.82) is 0 Å². The lowest BCUT2D eigenvalue weighted by molar-refractivity contribution is 0.488. The lowest BCUT2D eigenvalue weighted by Gasteiger charge is -2.14. The third-order valence-electron chi connectivity index (χ3n) is 4.94. The second kappa shape index (κ2) is 5.35. The highest BCUT2D eigenvalue weighted by Crippen LogP contribution is 2.42. The van der Waals surface area contributed by atoms with Crippen molar-refractivity contribution in [3.63, 3.8) is 0 Å². The van der Waals surface area contributed by atoms with Crippen LogP contribution in [0.4, 0.5) is 0 Å². The number of rotatable bonds is 1. The summed E-state index contributed by atoms with van der Waals surface area (Å²) in [4.78, 5) is 0. The molecule has 0 aliphatic heterocycles. The summed E-state index contributed by atoms with van der Waals surface area (Å²) in [5.74, 6) is 0.357. The van der Waals surface area contributed by atoms with E-state index < -0.39 is 0 Å². The molecular weight excluding hydrogens is 304 g/mol. The van der Waals surface area contributed by atoms with Crippen molar-refractivity contribution in [3.8, 4) is 16.9 Å². The van der Waals surface area contributed by atoms with Crippen molar-refractivity contribution in [2.24, 2.45) is 0 Å². The number of hydrogen-bond donors (Lipinski definition) is 1. The van der Waals surface area contributed by atoms with Gasteiger partial charge in [-0.25, -0.2) is 0 Å². The van der Waals surface area contributed by atoms with Crippen LogP contribution in [0.25, 0.3) is 43.4 Å². The SMILES string of the molecule is Oc1c2ccccc2c(-c2ccc3ccccc3c2)c2ccccc12. The summed E-state index contributed by atoms with van der Waals surface area (Å²) in [6.45, 7) is 0. The minimum absolute atomic E-state index is 0.357. The van der Waals surface area contributed by atoms with Gasteiger partial charge in [0.2, 0.25) is 0 Å². The molecule has 0 aliphatic rings. The Morgan fingerprint density at radius 2 is 1.00 bits per heavy atom. The fourth-order valence-electron chi connectivity index (χ4n) is 3.76. The van der Waals surface area contributed by atoms with Crippen molar-refractivity contribution in [3.05, 3.63) is 91.0 Å². The van der Waals surface area contributed by atoms with Crippen molar-refractivity contribution in [1.82, 2.24) is 0 Å². The molecule has 0 amide bonds. The molecule has 0 atom stereocenters. The Bertz CT molecular complexity index is 1190. The molecule has 0 unspecified atom stereocenters. The molecule has 0 bridgehead atoms. The summed E-state index contributed by atoms with van der Waals surface area (Å²) in [7, 11) is 0. The molecule has 0 saturated carbocycles. The van der Waals surface area contributed by atoms with E-state index in [9.17, 15) is 5.11 Å². The minimum atomic E-state index is 0.357. The summed E-state index contributed by atoms with van der Waals surface area (Å²) >= 11 is 0. The molecule has 1 heteroatoms. The van der Waals surface area contributed by atoms with Gasteiger partial charge in [-0.1, -0.05) is 84.9 Å². The molecule has 0 spiro atoms. The van der Waals surface area contributed by atoms with Gasteiger partial charge in [0, 0.05) is 10.8 Å². The smallest absolute Gasteiger partial charge is 0.131 e. The van der Waals surface area contributed by atoms with E-state index in [-0.39, 0.29) is 0 Å². The lowest BCUT2D eigenvalue weighted by atomic mass is 9.90. The molecular formula is C24H16O. The van der Waals surface area contributed by atoms with Gasteiger partial charge in [-0.15, -0.1) is 0 Å².